The smallest absolute Gasteiger partial charge is 0.256 e. The van der Waals surface area contributed by atoms with Gasteiger partial charge in [0.1, 0.15) is 0 Å². The van der Waals surface area contributed by atoms with E-state index in [1.807, 2.05) is 4.90 Å². The fourth-order valence-corrected chi connectivity index (χ4v) is 2.62. The van der Waals surface area contributed by atoms with E-state index in [-0.39, 0.29) is 11.9 Å². The van der Waals surface area contributed by atoms with Gasteiger partial charge in [-0.15, -0.1) is 0 Å². The molecule has 1 saturated heterocycles. The minimum Gasteiger partial charge on any atom is -0.398 e. The van der Waals surface area contributed by atoms with Crippen molar-refractivity contribution in [3.8, 4) is 0 Å². The molecule has 1 aromatic carbocycles. The molecule has 1 aliphatic rings. The molecule has 0 spiro atoms. The van der Waals surface area contributed by atoms with E-state index in [4.69, 9.17) is 17.3 Å². The van der Waals surface area contributed by atoms with Crippen molar-refractivity contribution in [1.82, 2.24) is 4.90 Å². The lowest BCUT2D eigenvalue weighted by molar-refractivity contribution is 0.0745. The van der Waals surface area contributed by atoms with E-state index < -0.39 is 0 Å². The van der Waals surface area contributed by atoms with Crippen LogP contribution in [0.15, 0.2) is 18.2 Å². The molecule has 2 atom stereocenters. The van der Waals surface area contributed by atoms with Gasteiger partial charge in [-0.2, -0.15) is 0 Å². The van der Waals surface area contributed by atoms with Crippen LogP contribution in [-0.4, -0.2) is 23.4 Å². The van der Waals surface area contributed by atoms with Gasteiger partial charge in [-0.3, -0.25) is 4.79 Å². The highest BCUT2D eigenvalue weighted by atomic mass is 35.5. The second-order valence-electron chi connectivity index (χ2n) is 4.88. The quantitative estimate of drug-likeness (QED) is 0.782. The fraction of sp³-hybridized carbons (Fsp3) is 0.462. The summed E-state index contributed by atoms with van der Waals surface area (Å²) in [5.74, 6) is 0.538. The molecule has 0 radical (unpaired) electrons. The van der Waals surface area contributed by atoms with Crippen LogP contribution in [0, 0.1) is 5.92 Å². The third-order valence-corrected chi connectivity index (χ3v) is 3.53. The van der Waals surface area contributed by atoms with E-state index in [0.717, 1.165) is 13.0 Å². The van der Waals surface area contributed by atoms with Crippen LogP contribution < -0.4 is 5.73 Å². The number of benzene rings is 1. The van der Waals surface area contributed by atoms with Gasteiger partial charge in [-0.05, 0) is 37.5 Å². The second kappa shape index (κ2) is 4.57. The summed E-state index contributed by atoms with van der Waals surface area (Å²) >= 11 is 5.91. The highest BCUT2D eigenvalue weighted by Gasteiger charge is 2.31. The van der Waals surface area contributed by atoms with Crippen molar-refractivity contribution in [3.63, 3.8) is 0 Å². The number of carbonyl (C=O) groups is 1. The lowest BCUT2D eigenvalue weighted by atomic mass is 10.1. The molecule has 0 aliphatic carbocycles. The summed E-state index contributed by atoms with van der Waals surface area (Å²) in [6, 6.07) is 5.30. The third-order valence-electron chi connectivity index (χ3n) is 3.29. The first-order valence-electron chi connectivity index (χ1n) is 5.85. The number of hydrogen-bond donors (Lipinski definition) is 1. The largest absolute Gasteiger partial charge is 0.398 e. The Morgan fingerprint density at radius 2 is 2.18 bits per heavy atom. The zero-order valence-electron chi connectivity index (χ0n) is 10.1. The number of anilines is 1. The normalized spacial score (nSPS) is 24.1. The number of likely N-dealkylation sites (tertiary alicyclic amines) is 1. The van der Waals surface area contributed by atoms with Crippen molar-refractivity contribution in [2.24, 2.45) is 5.92 Å². The summed E-state index contributed by atoms with van der Waals surface area (Å²) in [4.78, 5) is 14.2. The summed E-state index contributed by atoms with van der Waals surface area (Å²) in [5.41, 5.74) is 6.84. The number of nitrogens with two attached hydrogens (primary N) is 1. The van der Waals surface area contributed by atoms with Gasteiger partial charge in [0.2, 0.25) is 0 Å². The first-order valence-corrected chi connectivity index (χ1v) is 6.23. The average Bonchev–Trinajstić information content (AvgIpc) is 2.60. The molecule has 3 nitrogen and oxygen atoms in total. The summed E-state index contributed by atoms with van der Waals surface area (Å²) in [5, 5.41) is 0.544. The van der Waals surface area contributed by atoms with Gasteiger partial charge in [0.25, 0.3) is 5.91 Å². The summed E-state index contributed by atoms with van der Waals surface area (Å²) in [6.45, 7) is 5.03. The molecule has 1 fully saturated rings. The Labute approximate surface area is 107 Å². The molecule has 1 aliphatic heterocycles. The van der Waals surface area contributed by atoms with Crippen molar-refractivity contribution in [3.05, 3.63) is 28.8 Å². The minimum absolute atomic E-state index is 0.0122. The van der Waals surface area contributed by atoms with E-state index in [0.29, 0.717) is 22.2 Å². The van der Waals surface area contributed by atoms with Crippen molar-refractivity contribution >= 4 is 23.2 Å². The van der Waals surface area contributed by atoms with Crippen molar-refractivity contribution < 1.29 is 4.79 Å². The third kappa shape index (κ3) is 2.39. The molecule has 0 saturated carbocycles. The standard InChI is InChI=1S/C13H17ClN2O/c1-8-5-9(2)16(7-8)13(17)11-6-10(14)3-4-12(11)15/h3-4,6,8-9H,5,7,15H2,1-2H3. The second-order valence-corrected chi connectivity index (χ2v) is 5.32. The molecule has 92 valence electrons. The predicted octanol–water partition coefficient (Wildman–Crippen LogP) is 2.79. The van der Waals surface area contributed by atoms with Crippen LogP contribution >= 0.6 is 11.6 Å². The summed E-state index contributed by atoms with van der Waals surface area (Å²) < 4.78 is 0. The van der Waals surface area contributed by atoms with Crippen LogP contribution in [0.3, 0.4) is 0 Å². The number of rotatable bonds is 1. The number of amides is 1. The maximum atomic E-state index is 12.4. The molecule has 1 aromatic rings. The Morgan fingerprint density at radius 1 is 1.47 bits per heavy atom. The first kappa shape index (κ1) is 12.2. The molecule has 1 amide bonds. The van der Waals surface area contributed by atoms with E-state index in [2.05, 4.69) is 13.8 Å². The fourth-order valence-electron chi connectivity index (χ4n) is 2.45. The zero-order valence-corrected chi connectivity index (χ0v) is 10.9. The summed E-state index contributed by atoms with van der Waals surface area (Å²) in [6.07, 6.45) is 1.05. The maximum absolute atomic E-state index is 12.4. The number of halogens is 1. The van der Waals surface area contributed by atoms with Crippen LogP contribution in [-0.2, 0) is 0 Å². The molecule has 1 heterocycles. The van der Waals surface area contributed by atoms with Gasteiger partial charge in [0.15, 0.2) is 0 Å². The van der Waals surface area contributed by atoms with Gasteiger partial charge in [-0.25, -0.2) is 0 Å². The van der Waals surface area contributed by atoms with Crippen LogP contribution in [0.5, 0.6) is 0 Å². The number of nitrogen functional groups attached to an aromatic ring is 1. The van der Waals surface area contributed by atoms with Gasteiger partial charge >= 0.3 is 0 Å². The van der Waals surface area contributed by atoms with E-state index >= 15 is 0 Å². The molecule has 4 heteroatoms. The Morgan fingerprint density at radius 3 is 2.76 bits per heavy atom. The molecular weight excluding hydrogens is 236 g/mol. The van der Waals surface area contributed by atoms with Gasteiger partial charge in [0.05, 0.1) is 5.56 Å². The highest BCUT2D eigenvalue weighted by Crippen LogP contribution is 2.27. The Kier molecular flexibility index (Phi) is 3.29. The minimum atomic E-state index is -0.0122. The zero-order chi connectivity index (χ0) is 12.6. The van der Waals surface area contributed by atoms with Gasteiger partial charge in [0, 0.05) is 23.3 Å². The number of hydrogen-bond acceptors (Lipinski definition) is 2. The van der Waals surface area contributed by atoms with Gasteiger partial charge in [-0.1, -0.05) is 18.5 Å². The number of carbonyl (C=O) groups excluding carboxylic acids is 1. The molecular formula is C13H17ClN2O. The lowest BCUT2D eigenvalue weighted by Crippen LogP contribution is -2.34. The topological polar surface area (TPSA) is 46.3 Å². The average molecular weight is 253 g/mol. The molecule has 2 N–H and O–H groups in total. The lowest BCUT2D eigenvalue weighted by Gasteiger charge is -2.22. The van der Waals surface area contributed by atoms with Crippen LogP contribution in [0.1, 0.15) is 30.6 Å². The van der Waals surface area contributed by atoms with E-state index in [1.54, 1.807) is 18.2 Å². The molecule has 2 unspecified atom stereocenters. The first-order chi connectivity index (χ1) is 7.99. The Hall–Kier alpha value is -1.22. The van der Waals surface area contributed by atoms with Crippen molar-refractivity contribution in [2.45, 2.75) is 26.3 Å². The molecule has 0 bridgehead atoms. The predicted molar refractivity (Wildman–Crippen MR) is 70.1 cm³/mol. The van der Waals surface area contributed by atoms with Crippen LogP contribution in [0.25, 0.3) is 0 Å². The maximum Gasteiger partial charge on any atom is 0.256 e. The Balaban J connectivity index is 2.28. The number of nitrogens with zero attached hydrogens (tertiary/aromatic N) is 1. The molecule has 2 rings (SSSR count). The van der Waals surface area contributed by atoms with Crippen molar-refractivity contribution in [2.75, 3.05) is 12.3 Å². The molecule has 17 heavy (non-hydrogen) atoms. The van der Waals surface area contributed by atoms with Crippen LogP contribution in [0.4, 0.5) is 5.69 Å². The molecule has 0 aromatic heterocycles. The SMILES string of the molecule is CC1CC(C)N(C(=O)c2cc(Cl)ccc2N)C1. The Bertz CT molecular complexity index is 447. The highest BCUT2D eigenvalue weighted by molar-refractivity contribution is 6.31. The monoisotopic (exact) mass is 252 g/mol. The summed E-state index contributed by atoms with van der Waals surface area (Å²) in [7, 11) is 0. The van der Waals surface area contributed by atoms with Crippen molar-refractivity contribution in [1.29, 1.82) is 0 Å². The van der Waals surface area contributed by atoms with Crippen LogP contribution in [0.2, 0.25) is 5.02 Å². The van der Waals surface area contributed by atoms with E-state index in [9.17, 15) is 4.79 Å². The van der Waals surface area contributed by atoms with Gasteiger partial charge < -0.3 is 10.6 Å². The van der Waals surface area contributed by atoms with E-state index in [1.165, 1.54) is 0 Å².